The van der Waals surface area contributed by atoms with Gasteiger partial charge in [-0.3, -0.25) is 9.59 Å². The fourth-order valence-electron chi connectivity index (χ4n) is 4.49. The molecule has 0 unspecified atom stereocenters. The summed E-state index contributed by atoms with van der Waals surface area (Å²) in [5.74, 6) is 1.32. The molecule has 13 nitrogen and oxygen atoms in total. The largest absolute Gasteiger partial charge is 0.493 e. The fraction of sp³-hybridized carbons (Fsp3) is 0.370. The Hall–Kier alpha value is -4.65. The third-order valence-electron chi connectivity index (χ3n) is 6.50. The van der Waals surface area contributed by atoms with Crippen molar-refractivity contribution < 1.29 is 32.6 Å². The number of amides is 2. The third kappa shape index (κ3) is 6.15. The van der Waals surface area contributed by atoms with E-state index in [1.165, 1.54) is 29.3 Å². The normalized spacial score (nSPS) is 15.5. The van der Waals surface area contributed by atoms with Crippen molar-refractivity contribution in [1.82, 2.24) is 30.4 Å². The summed E-state index contributed by atoms with van der Waals surface area (Å²) < 4.78 is 27.4. The highest BCUT2D eigenvalue weighted by molar-refractivity contribution is 5.88. The number of carbonyl (C=O) groups is 2. The van der Waals surface area contributed by atoms with Crippen LogP contribution in [0, 0.1) is 0 Å². The maximum atomic E-state index is 13.7. The maximum absolute atomic E-state index is 13.7. The van der Waals surface area contributed by atoms with E-state index in [1.54, 1.807) is 49.6 Å². The first kappa shape index (κ1) is 26.9. The number of hydrogen-bond acceptors (Lipinski definition) is 10. The number of nitrogens with zero attached hydrogens (tertiary/aromatic N) is 5. The Morgan fingerprint density at radius 2 is 1.95 bits per heavy atom. The lowest BCUT2D eigenvalue weighted by Gasteiger charge is -2.29. The van der Waals surface area contributed by atoms with Crippen molar-refractivity contribution in [3.63, 3.8) is 0 Å². The highest BCUT2D eigenvalue weighted by atomic mass is 16.5. The standard InChI is InChI=1S/C27H30N6O7/c1-36-21-10-9-18(14-23(21)37-2)26-29-31-33(30-26)17-24(34)32(16-20-7-4-12-39-20)25(22-8-5-13-40-22)27(35)28-15-19-6-3-11-38-19/h4-5,7-10,12-14,19,25H,3,6,11,15-17H2,1-2H3,(H,28,35)/t19-,25+/m0/s1. The molecule has 5 rings (SSSR count). The molecule has 1 aromatic carbocycles. The van der Waals surface area contributed by atoms with Crippen LogP contribution in [0.3, 0.4) is 0 Å². The number of rotatable bonds is 12. The zero-order valence-corrected chi connectivity index (χ0v) is 22.2. The zero-order chi connectivity index (χ0) is 27.9. The Bertz CT molecular complexity index is 1400. The van der Waals surface area contributed by atoms with Crippen LogP contribution in [0.1, 0.15) is 30.4 Å². The van der Waals surface area contributed by atoms with Crippen LogP contribution in [0.2, 0.25) is 0 Å². The van der Waals surface area contributed by atoms with Crippen LogP contribution in [0.5, 0.6) is 11.5 Å². The van der Waals surface area contributed by atoms with Crippen molar-refractivity contribution in [1.29, 1.82) is 0 Å². The smallest absolute Gasteiger partial charge is 0.250 e. The fourth-order valence-corrected chi connectivity index (χ4v) is 4.49. The molecular formula is C27H30N6O7. The summed E-state index contributed by atoms with van der Waals surface area (Å²) in [4.78, 5) is 29.8. The molecule has 13 heteroatoms. The van der Waals surface area contributed by atoms with Crippen LogP contribution in [-0.2, 0) is 27.4 Å². The van der Waals surface area contributed by atoms with Gasteiger partial charge in [-0.1, -0.05) is 0 Å². The second kappa shape index (κ2) is 12.5. The summed E-state index contributed by atoms with van der Waals surface area (Å²) in [6, 6.07) is 10.9. The van der Waals surface area contributed by atoms with Gasteiger partial charge in [0.05, 0.1) is 39.4 Å². The average Bonchev–Trinajstić information content (AvgIpc) is 3.80. The van der Waals surface area contributed by atoms with Crippen LogP contribution in [0.4, 0.5) is 0 Å². The molecule has 0 bridgehead atoms. The number of nitrogens with one attached hydrogen (secondary N) is 1. The lowest BCUT2D eigenvalue weighted by atomic mass is 10.1. The molecule has 1 saturated heterocycles. The quantitative estimate of drug-likeness (QED) is 0.279. The highest BCUT2D eigenvalue weighted by Gasteiger charge is 2.35. The predicted octanol–water partition coefficient (Wildman–Crippen LogP) is 2.61. The summed E-state index contributed by atoms with van der Waals surface area (Å²) in [6.07, 6.45) is 4.71. The Morgan fingerprint density at radius 3 is 2.65 bits per heavy atom. The molecule has 0 aliphatic carbocycles. The van der Waals surface area contributed by atoms with E-state index in [2.05, 4.69) is 20.7 Å². The first-order chi connectivity index (χ1) is 19.6. The molecule has 210 valence electrons. The van der Waals surface area contributed by atoms with Crippen molar-refractivity contribution in [2.45, 2.75) is 38.1 Å². The third-order valence-corrected chi connectivity index (χ3v) is 6.50. The number of tetrazole rings is 1. The molecule has 0 saturated carbocycles. The molecule has 1 aliphatic rings. The molecule has 4 heterocycles. The lowest BCUT2D eigenvalue weighted by Crippen LogP contribution is -2.46. The van der Waals surface area contributed by atoms with Crippen molar-refractivity contribution >= 4 is 11.8 Å². The first-order valence-corrected chi connectivity index (χ1v) is 12.8. The van der Waals surface area contributed by atoms with Gasteiger partial charge in [-0.15, -0.1) is 10.2 Å². The van der Waals surface area contributed by atoms with Crippen LogP contribution < -0.4 is 14.8 Å². The lowest BCUT2D eigenvalue weighted by molar-refractivity contribution is -0.143. The number of ether oxygens (including phenoxy) is 3. The highest BCUT2D eigenvalue weighted by Crippen LogP contribution is 2.31. The molecule has 1 N–H and O–H groups in total. The molecule has 0 spiro atoms. The van der Waals surface area contributed by atoms with E-state index >= 15 is 0 Å². The summed E-state index contributed by atoms with van der Waals surface area (Å²) in [5.41, 5.74) is 0.630. The van der Waals surface area contributed by atoms with Gasteiger partial charge < -0.3 is 33.3 Å². The number of benzene rings is 1. The van der Waals surface area contributed by atoms with E-state index in [0.717, 1.165) is 12.8 Å². The van der Waals surface area contributed by atoms with Crippen molar-refractivity contribution in [2.75, 3.05) is 27.4 Å². The topological polar surface area (TPSA) is 147 Å². The average molecular weight is 551 g/mol. The molecule has 1 aliphatic heterocycles. The molecule has 4 aromatic rings. The SMILES string of the molecule is COc1ccc(-c2nnn(CC(=O)N(Cc3ccco3)[C@@H](C(=O)NC[C@@H]3CCCO3)c3ccco3)n2)cc1OC. The van der Waals surface area contributed by atoms with Crippen molar-refractivity contribution in [3.05, 3.63) is 66.5 Å². The number of hydrogen-bond donors (Lipinski definition) is 1. The number of aromatic nitrogens is 4. The molecule has 2 atom stereocenters. The van der Waals surface area contributed by atoms with Gasteiger partial charge in [0, 0.05) is 18.7 Å². The Morgan fingerprint density at radius 1 is 1.12 bits per heavy atom. The van der Waals surface area contributed by atoms with Crippen molar-refractivity contribution in [2.24, 2.45) is 0 Å². The number of methoxy groups -OCH3 is 2. The van der Waals surface area contributed by atoms with E-state index in [-0.39, 0.29) is 19.2 Å². The minimum atomic E-state index is -1.07. The van der Waals surface area contributed by atoms with E-state index in [1.807, 2.05) is 0 Å². The second-order valence-electron chi connectivity index (χ2n) is 9.11. The molecule has 40 heavy (non-hydrogen) atoms. The maximum Gasteiger partial charge on any atom is 0.250 e. The predicted molar refractivity (Wildman–Crippen MR) is 139 cm³/mol. The summed E-state index contributed by atoms with van der Waals surface area (Å²) >= 11 is 0. The van der Waals surface area contributed by atoms with E-state index in [0.29, 0.717) is 47.6 Å². The molecular weight excluding hydrogens is 520 g/mol. The summed E-state index contributed by atoms with van der Waals surface area (Å²) in [5, 5.41) is 15.4. The van der Waals surface area contributed by atoms with Crippen LogP contribution in [0.15, 0.2) is 63.8 Å². The Labute approximate surface area is 230 Å². The monoisotopic (exact) mass is 550 g/mol. The van der Waals surface area contributed by atoms with Crippen LogP contribution in [0.25, 0.3) is 11.4 Å². The van der Waals surface area contributed by atoms with Gasteiger partial charge in [-0.25, -0.2) is 0 Å². The van der Waals surface area contributed by atoms with Crippen LogP contribution >= 0.6 is 0 Å². The van der Waals surface area contributed by atoms with E-state index in [4.69, 9.17) is 23.0 Å². The van der Waals surface area contributed by atoms with E-state index in [9.17, 15) is 9.59 Å². The van der Waals surface area contributed by atoms with Gasteiger partial charge in [0.2, 0.25) is 11.7 Å². The first-order valence-electron chi connectivity index (χ1n) is 12.8. The van der Waals surface area contributed by atoms with E-state index < -0.39 is 17.9 Å². The molecule has 3 aromatic heterocycles. The second-order valence-corrected chi connectivity index (χ2v) is 9.11. The molecule has 2 amide bonds. The zero-order valence-electron chi connectivity index (χ0n) is 22.2. The van der Waals surface area contributed by atoms with Crippen molar-refractivity contribution in [3.8, 4) is 22.9 Å². The van der Waals surface area contributed by atoms with Gasteiger partial charge in [0.15, 0.2) is 17.5 Å². The van der Waals surface area contributed by atoms with Gasteiger partial charge in [0.1, 0.15) is 18.1 Å². The Balaban J connectivity index is 1.38. The number of carbonyl (C=O) groups excluding carboxylic acids is 2. The summed E-state index contributed by atoms with van der Waals surface area (Å²) in [6.45, 7) is 0.735. The van der Waals surface area contributed by atoms with Gasteiger partial charge in [-0.2, -0.15) is 4.80 Å². The van der Waals surface area contributed by atoms with Gasteiger partial charge in [0.25, 0.3) is 5.91 Å². The number of furan rings is 2. The Kier molecular flexibility index (Phi) is 8.40. The van der Waals surface area contributed by atoms with Gasteiger partial charge in [-0.05, 0) is 60.5 Å². The van der Waals surface area contributed by atoms with Crippen LogP contribution in [-0.4, -0.2) is 70.4 Å². The van der Waals surface area contributed by atoms with Gasteiger partial charge >= 0.3 is 0 Å². The summed E-state index contributed by atoms with van der Waals surface area (Å²) in [7, 11) is 3.08. The molecule has 0 radical (unpaired) electrons. The molecule has 1 fully saturated rings. The minimum absolute atomic E-state index is 0.0157. The minimum Gasteiger partial charge on any atom is -0.493 e.